The molecule has 0 saturated carbocycles. The topological polar surface area (TPSA) is 66.5 Å². The number of aryl methyl sites for hydroxylation is 2. The first-order chi connectivity index (χ1) is 15.7. The molecule has 5 nitrogen and oxygen atoms in total. The Hall–Kier alpha value is -3.41. The van der Waals surface area contributed by atoms with Gasteiger partial charge in [0, 0.05) is 10.0 Å². The Kier molecular flexibility index (Phi) is 6.36. The summed E-state index contributed by atoms with van der Waals surface area (Å²) in [6.45, 7) is 4.07. The number of nitrogens with one attached hydrogen (secondary N) is 1. The number of hydrogen-bond donors (Lipinski definition) is 1. The fourth-order valence-electron chi connectivity index (χ4n) is 3.91. The second-order valence-corrected chi connectivity index (χ2v) is 8.83. The van der Waals surface area contributed by atoms with E-state index in [0.29, 0.717) is 22.0 Å². The fourth-order valence-corrected chi connectivity index (χ4v) is 4.28. The van der Waals surface area contributed by atoms with Crippen LogP contribution in [0.2, 0.25) is 10.0 Å². The largest absolute Gasteiger partial charge is 0.335 e. The first-order valence-corrected chi connectivity index (χ1v) is 11.0. The molecule has 1 heterocycles. The molecule has 0 aliphatic carbocycles. The number of carbonyl (C=O) groups excluding carboxylic acids is 3. The number of nitrogens with zero attached hydrogens (tertiary/aromatic N) is 1. The van der Waals surface area contributed by atoms with Crippen molar-refractivity contribution in [3.05, 3.63) is 104 Å². The molecule has 3 aromatic rings. The second kappa shape index (κ2) is 9.22. The number of benzene rings is 3. The molecule has 1 aliphatic rings. The highest BCUT2D eigenvalue weighted by molar-refractivity contribution is 6.39. The third-order valence-corrected chi connectivity index (χ3v) is 5.72. The number of amides is 4. The summed E-state index contributed by atoms with van der Waals surface area (Å²) in [5.41, 5.74) is 5.02. The molecule has 4 rings (SSSR count). The van der Waals surface area contributed by atoms with E-state index in [1.54, 1.807) is 30.3 Å². The molecule has 0 atom stereocenters. The SMILES string of the molecule is Cc1cc(C)cc(Cc2ccc(Cl)cc2/C=C2\C(=O)NC(=O)N(c3cccc(Cl)c3)C2=O)c1. The molecule has 1 aliphatic heterocycles. The molecule has 0 radical (unpaired) electrons. The molecule has 0 aromatic heterocycles. The number of barbiturate groups is 1. The van der Waals surface area contributed by atoms with E-state index in [0.717, 1.165) is 27.2 Å². The Bertz CT molecular complexity index is 1310. The van der Waals surface area contributed by atoms with Crippen LogP contribution in [0.5, 0.6) is 0 Å². The molecular weight excluding hydrogens is 459 g/mol. The van der Waals surface area contributed by atoms with Crippen molar-refractivity contribution < 1.29 is 14.4 Å². The van der Waals surface area contributed by atoms with Gasteiger partial charge in [-0.15, -0.1) is 0 Å². The van der Waals surface area contributed by atoms with E-state index in [4.69, 9.17) is 23.2 Å². The quantitative estimate of drug-likeness (QED) is 0.376. The van der Waals surface area contributed by atoms with E-state index in [9.17, 15) is 14.4 Å². The predicted octanol–water partition coefficient (Wildman–Crippen LogP) is 5.87. The van der Waals surface area contributed by atoms with Crippen molar-refractivity contribution in [1.29, 1.82) is 0 Å². The Morgan fingerprint density at radius 3 is 2.27 bits per heavy atom. The predicted molar refractivity (Wildman–Crippen MR) is 131 cm³/mol. The normalized spacial score (nSPS) is 15.2. The number of hydrogen-bond acceptors (Lipinski definition) is 3. The minimum absolute atomic E-state index is 0.168. The summed E-state index contributed by atoms with van der Waals surface area (Å²) < 4.78 is 0. The number of rotatable bonds is 4. The van der Waals surface area contributed by atoms with Crippen LogP contribution in [-0.2, 0) is 16.0 Å². The number of urea groups is 1. The Balaban J connectivity index is 1.75. The van der Waals surface area contributed by atoms with E-state index < -0.39 is 17.8 Å². The maximum atomic E-state index is 13.2. The van der Waals surface area contributed by atoms with Gasteiger partial charge in [0.05, 0.1) is 5.69 Å². The van der Waals surface area contributed by atoms with Crippen molar-refractivity contribution in [2.75, 3.05) is 4.90 Å². The van der Waals surface area contributed by atoms with Crippen LogP contribution in [0.25, 0.3) is 6.08 Å². The molecule has 1 fully saturated rings. The summed E-state index contributed by atoms with van der Waals surface area (Å²) in [6.07, 6.45) is 2.07. The van der Waals surface area contributed by atoms with E-state index in [1.165, 1.54) is 12.1 Å². The third-order valence-electron chi connectivity index (χ3n) is 5.25. The van der Waals surface area contributed by atoms with Crippen LogP contribution in [0.4, 0.5) is 10.5 Å². The van der Waals surface area contributed by atoms with Crippen LogP contribution in [0.15, 0.2) is 66.2 Å². The minimum atomic E-state index is -0.828. The standard InChI is InChI=1S/C26H20Cl2N2O3/c1-15-8-16(2)10-17(9-15)11-18-6-7-21(28)12-19(18)13-23-24(31)29-26(33)30(25(23)32)22-5-3-4-20(27)14-22/h3-10,12-14H,11H2,1-2H3,(H,29,31,33)/b23-13+. The average Bonchev–Trinajstić information content (AvgIpc) is 2.72. The highest BCUT2D eigenvalue weighted by Gasteiger charge is 2.37. The van der Waals surface area contributed by atoms with Crippen molar-refractivity contribution in [1.82, 2.24) is 5.32 Å². The zero-order valence-electron chi connectivity index (χ0n) is 18.0. The number of imide groups is 2. The first-order valence-electron chi connectivity index (χ1n) is 10.2. The highest BCUT2D eigenvalue weighted by atomic mass is 35.5. The summed E-state index contributed by atoms with van der Waals surface area (Å²) in [6, 6.07) is 17.1. The van der Waals surface area contributed by atoms with Crippen LogP contribution in [-0.4, -0.2) is 17.8 Å². The Morgan fingerprint density at radius 1 is 0.879 bits per heavy atom. The summed E-state index contributed by atoms with van der Waals surface area (Å²) in [5, 5.41) is 3.06. The molecule has 3 aromatic carbocycles. The van der Waals surface area contributed by atoms with Gasteiger partial charge in [-0.1, -0.05) is 64.7 Å². The molecule has 1 N–H and O–H groups in total. The van der Waals surface area contributed by atoms with Gasteiger partial charge in [-0.25, -0.2) is 9.69 Å². The molecule has 4 amide bonds. The summed E-state index contributed by atoms with van der Waals surface area (Å²) >= 11 is 12.3. The van der Waals surface area contributed by atoms with Crippen molar-refractivity contribution >= 4 is 52.8 Å². The van der Waals surface area contributed by atoms with Crippen molar-refractivity contribution in [2.24, 2.45) is 0 Å². The zero-order chi connectivity index (χ0) is 23.7. The van der Waals surface area contributed by atoms with Gasteiger partial charge < -0.3 is 0 Å². The Morgan fingerprint density at radius 2 is 1.58 bits per heavy atom. The maximum Gasteiger partial charge on any atom is 0.335 e. The van der Waals surface area contributed by atoms with E-state index in [1.807, 2.05) is 19.9 Å². The summed E-state index contributed by atoms with van der Waals surface area (Å²) in [5.74, 6) is -1.50. The van der Waals surface area contributed by atoms with Gasteiger partial charge in [0.25, 0.3) is 11.8 Å². The zero-order valence-corrected chi connectivity index (χ0v) is 19.5. The number of anilines is 1. The lowest BCUT2D eigenvalue weighted by Gasteiger charge is -2.26. The fraction of sp³-hybridized carbons (Fsp3) is 0.115. The monoisotopic (exact) mass is 478 g/mol. The summed E-state index contributed by atoms with van der Waals surface area (Å²) in [4.78, 5) is 39.1. The van der Waals surface area contributed by atoms with Crippen LogP contribution >= 0.6 is 23.2 Å². The molecule has 0 unspecified atom stereocenters. The first kappa shape index (κ1) is 22.8. The molecule has 0 spiro atoms. The van der Waals surface area contributed by atoms with Gasteiger partial charge in [-0.3, -0.25) is 14.9 Å². The lowest BCUT2D eigenvalue weighted by molar-refractivity contribution is -0.122. The third kappa shape index (κ3) is 5.00. The van der Waals surface area contributed by atoms with E-state index in [-0.39, 0.29) is 11.3 Å². The minimum Gasteiger partial charge on any atom is -0.273 e. The van der Waals surface area contributed by atoms with Crippen LogP contribution in [0.3, 0.4) is 0 Å². The van der Waals surface area contributed by atoms with Gasteiger partial charge in [0.15, 0.2) is 0 Å². The van der Waals surface area contributed by atoms with Crippen molar-refractivity contribution in [2.45, 2.75) is 20.3 Å². The molecule has 166 valence electrons. The van der Waals surface area contributed by atoms with E-state index >= 15 is 0 Å². The Labute approximate surface area is 201 Å². The van der Waals surface area contributed by atoms with Gasteiger partial charge in [0.1, 0.15) is 5.57 Å². The van der Waals surface area contributed by atoms with Gasteiger partial charge in [0.2, 0.25) is 0 Å². The highest BCUT2D eigenvalue weighted by Crippen LogP contribution is 2.27. The molecule has 0 bridgehead atoms. The lowest BCUT2D eigenvalue weighted by Crippen LogP contribution is -2.54. The molecule has 7 heteroatoms. The second-order valence-electron chi connectivity index (χ2n) is 7.95. The van der Waals surface area contributed by atoms with Gasteiger partial charge in [-0.05, 0) is 73.4 Å². The molecule has 33 heavy (non-hydrogen) atoms. The lowest BCUT2D eigenvalue weighted by atomic mass is 9.95. The van der Waals surface area contributed by atoms with Crippen molar-refractivity contribution in [3.63, 3.8) is 0 Å². The average molecular weight is 479 g/mol. The maximum absolute atomic E-state index is 13.2. The number of carbonyl (C=O) groups is 3. The number of halogens is 2. The smallest absolute Gasteiger partial charge is 0.273 e. The van der Waals surface area contributed by atoms with Crippen LogP contribution in [0.1, 0.15) is 27.8 Å². The molecule has 1 saturated heterocycles. The van der Waals surface area contributed by atoms with Crippen molar-refractivity contribution in [3.8, 4) is 0 Å². The van der Waals surface area contributed by atoms with Crippen LogP contribution < -0.4 is 10.2 Å². The summed E-state index contributed by atoms with van der Waals surface area (Å²) in [7, 11) is 0. The van der Waals surface area contributed by atoms with E-state index in [2.05, 4.69) is 23.5 Å². The molecular formula is C26H20Cl2N2O3. The van der Waals surface area contributed by atoms with Gasteiger partial charge >= 0.3 is 6.03 Å². The van der Waals surface area contributed by atoms with Gasteiger partial charge in [-0.2, -0.15) is 0 Å². The van der Waals surface area contributed by atoms with Crippen LogP contribution in [0, 0.1) is 13.8 Å².